The minimum Gasteiger partial charge on any atom is -0.367 e. The molecule has 17 heavy (non-hydrogen) atoms. The maximum Gasteiger partial charge on any atom is 0.133 e. The van der Waals surface area contributed by atoms with Gasteiger partial charge in [-0.1, -0.05) is 6.92 Å². The van der Waals surface area contributed by atoms with Gasteiger partial charge in [0, 0.05) is 36.1 Å². The van der Waals surface area contributed by atoms with Crippen LogP contribution in [-0.2, 0) is 0 Å². The number of nitrogens with one attached hydrogen (secondary N) is 1. The molecule has 0 aliphatic rings. The van der Waals surface area contributed by atoms with Crippen LogP contribution >= 0.6 is 0 Å². The summed E-state index contributed by atoms with van der Waals surface area (Å²) in [5, 5.41) is 0. The van der Waals surface area contributed by atoms with Crippen molar-refractivity contribution in [3.8, 4) is 11.3 Å². The van der Waals surface area contributed by atoms with Crippen molar-refractivity contribution >= 4 is 0 Å². The molecule has 0 bridgehead atoms. The van der Waals surface area contributed by atoms with Gasteiger partial charge in [0.25, 0.3) is 0 Å². The van der Waals surface area contributed by atoms with Crippen molar-refractivity contribution in [1.82, 2.24) is 15.0 Å². The molecule has 0 saturated heterocycles. The lowest BCUT2D eigenvalue weighted by atomic mass is 10.1. The van der Waals surface area contributed by atoms with Crippen molar-refractivity contribution in [2.45, 2.75) is 26.2 Å². The van der Waals surface area contributed by atoms with E-state index in [-0.39, 0.29) is 5.92 Å². The second kappa shape index (κ2) is 5.10. The number of hydrogen-bond acceptors (Lipinski definition) is 3. The first-order chi connectivity index (χ1) is 8.24. The van der Waals surface area contributed by atoms with E-state index in [1.165, 1.54) is 0 Å². The van der Waals surface area contributed by atoms with Gasteiger partial charge in [-0.2, -0.15) is 0 Å². The molecule has 90 valence electrons. The van der Waals surface area contributed by atoms with Crippen LogP contribution in [0.2, 0.25) is 0 Å². The van der Waals surface area contributed by atoms with Crippen LogP contribution in [0.15, 0.2) is 24.5 Å². The number of H-pyrrole nitrogens is 1. The minimum absolute atomic E-state index is 0.243. The summed E-state index contributed by atoms with van der Waals surface area (Å²) in [4.78, 5) is 12.1. The molecular weight excluding hydrogens is 212 g/mol. The standard InChI is InChI=1S/C13H18N4/c1-3-10(7-14)13-16-9(2)6-12(17-13)11-4-5-15-8-11/h4-6,8,10,15H,3,7,14H2,1-2H3. The van der Waals surface area contributed by atoms with Crippen LogP contribution < -0.4 is 5.73 Å². The Morgan fingerprint density at radius 3 is 2.82 bits per heavy atom. The van der Waals surface area contributed by atoms with E-state index in [2.05, 4.69) is 21.9 Å². The van der Waals surface area contributed by atoms with Gasteiger partial charge < -0.3 is 10.7 Å². The van der Waals surface area contributed by atoms with Gasteiger partial charge in [-0.15, -0.1) is 0 Å². The number of aromatic amines is 1. The van der Waals surface area contributed by atoms with Gasteiger partial charge in [-0.25, -0.2) is 9.97 Å². The normalized spacial score (nSPS) is 12.6. The van der Waals surface area contributed by atoms with Gasteiger partial charge >= 0.3 is 0 Å². The molecule has 0 aliphatic carbocycles. The number of nitrogens with two attached hydrogens (primary N) is 1. The van der Waals surface area contributed by atoms with E-state index >= 15 is 0 Å². The molecule has 0 amide bonds. The molecular formula is C13H18N4. The zero-order valence-corrected chi connectivity index (χ0v) is 10.3. The molecule has 3 N–H and O–H groups in total. The highest BCUT2D eigenvalue weighted by Crippen LogP contribution is 2.21. The molecule has 1 unspecified atom stereocenters. The lowest BCUT2D eigenvalue weighted by Crippen LogP contribution is -2.15. The maximum atomic E-state index is 5.75. The molecule has 0 aromatic carbocycles. The van der Waals surface area contributed by atoms with Gasteiger partial charge in [0.1, 0.15) is 5.82 Å². The fourth-order valence-corrected chi connectivity index (χ4v) is 1.86. The monoisotopic (exact) mass is 230 g/mol. The Kier molecular flexibility index (Phi) is 3.54. The summed E-state index contributed by atoms with van der Waals surface area (Å²) in [6.07, 6.45) is 4.80. The topological polar surface area (TPSA) is 67.6 Å². The van der Waals surface area contributed by atoms with Gasteiger partial charge in [0.15, 0.2) is 0 Å². The second-order valence-electron chi connectivity index (χ2n) is 4.19. The molecule has 2 rings (SSSR count). The Morgan fingerprint density at radius 2 is 2.24 bits per heavy atom. The van der Waals surface area contributed by atoms with Crippen LogP contribution in [0.25, 0.3) is 11.3 Å². The van der Waals surface area contributed by atoms with Crippen molar-refractivity contribution in [3.05, 3.63) is 36.0 Å². The van der Waals surface area contributed by atoms with Crippen molar-refractivity contribution < 1.29 is 0 Å². The highest BCUT2D eigenvalue weighted by molar-refractivity contribution is 5.58. The summed E-state index contributed by atoms with van der Waals surface area (Å²) in [5.41, 5.74) is 8.78. The van der Waals surface area contributed by atoms with Crippen LogP contribution in [0, 0.1) is 6.92 Å². The molecule has 0 fully saturated rings. The molecule has 0 saturated carbocycles. The fourth-order valence-electron chi connectivity index (χ4n) is 1.86. The van der Waals surface area contributed by atoms with Gasteiger partial charge in [0.05, 0.1) is 5.69 Å². The molecule has 1 atom stereocenters. The van der Waals surface area contributed by atoms with E-state index in [4.69, 9.17) is 5.73 Å². The van der Waals surface area contributed by atoms with E-state index in [1.54, 1.807) is 0 Å². The molecule has 0 radical (unpaired) electrons. The summed E-state index contributed by atoms with van der Waals surface area (Å²) < 4.78 is 0. The predicted molar refractivity (Wildman–Crippen MR) is 68.6 cm³/mol. The van der Waals surface area contributed by atoms with Crippen molar-refractivity contribution in [3.63, 3.8) is 0 Å². The summed E-state index contributed by atoms with van der Waals surface area (Å²) in [7, 11) is 0. The largest absolute Gasteiger partial charge is 0.367 e. The molecule has 2 heterocycles. The molecule has 4 nitrogen and oxygen atoms in total. The molecule has 2 aromatic heterocycles. The van der Waals surface area contributed by atoms with Crippen molar-refractivity contribution in [2.24, 2.45) is 5.73 Å². The van der Waals surface area contributed by atoms with Crippen molar-refractivity contribution in [2.75, 3.05) is 6.54 Å². The Labute approximate surface area is 101 Å². The lowest BCUT2D eigenvalue weighted by molar-refractivity contribution is 0.629. The van der Waals surface area contributed by atoms with E-state index in [0.717, 1.165) is 29.2 Å². The SMILES string of the molecule is CCC(CN)c1nc(C)cc(-c2cc[nH]c2)n1. The zero-order valence-electron chi connectivity index (χ0n) is 10.3. The first-order valence-electron chi connectivity index (χ1n) is 5.93. The summed E-state index contributed by atoms with van der Waals surface area (Å²) >= 11 is 0. The van der Waals surface area contributed by atoms with Crippen molar-refractivity contribution in [1.29, 1.82) is 0 Å². The molecule has 4 heteroatoms. The number of rotatable bonds is 4. The van der Waals surface area contributed by atoms with Gasteiger partial charge in [0.2, 0.25) is 0 Å². The minimum atomic E-state index is 0.243. The average Bonchev–Trinajstić information content (AvgIpc) is 2.83. The van der Waals surface area contributed by atoms with Crippen LogP contribution in [0.4, 0.5) is 0 Å². The Hall–Kier alpha value is -1.68. The van der Waals surface area contributed by atoms with Gasteiger partial charge in [-0.3, -0.25) is 0 Å². The van der Waals surface area contributed by atoms with E-state index in [0.29, 0.717) is 6.54 Å². The van der Waals surface area contributed by atoms with E-state index in [9.17, 15) is 0 Å². The Bertz CT molecular complexity index is 472. The third-order valence-corrected chi connectivity index (χ3v) is 2.91. The number of hydrogen-bond donors (Lipinski definition) is 2. The maximum absolute atomic E-state index is 5.75. The molecule has 0 spiro atoms. The van der Waals surface area contributed by atoms with E-state index < -0.39 is 0 Å². The molecule has 2 aromatic rings. The van der Waals surface area contributed by atoms with Crippen LogP contribution in [-0.4, -0.2) is 21.5 Å². The summed E-state index contributed by atoms with van der Waals surface area (Å²) in [6, 6.07) is 4.00. The van der Waals surface area contributed by atoms with E-state index in [1.807, 2.05) is 31.5 Å². The lowest BCUT2D eigenvalue weighted by Gasteiger charge is -2.12. The Morgan fingerprint density at radius 1 is 1.41 bits per heavy atom. The smallest absolute Gasteiger partial charge is 0.133 e. The number of aromatic nitrogens is 3. The first kappa shape index (κ1) is 11.8. The Balaban J connectivity index is 2.42. The number of nitrogens with zero attached hydrogens (tertiary/aromatic N) is 2. The highest BCUT2D eigenvalue weighted by Gasteiger charge is 2.13. The highest BCUT2D eigenvalue weighted by atomic mass is 14.9. The third kappa shape index (κ3) is 2.53. The number of aryl methyl sites for hydroxylation is 1. The fraction of sp³-hybridized carbons (Fsp3) is 0.385. The van der Waals surface area contributed by atoms with Crippen LogP contribution in [0.1, 0.15) is 30.8 Å². The quantitative estimate of drug-likeness (QED) is 0.846. The molecule has 0 aliphatic heterocycles. The summed E-state index contributed by atoms with van der Waals surface area (Å²) in [5.74, 6) is 1.10. The average molecular weight is 230 g/mol. The zero-order chi connectivity index (χ0) is 12.3. The predicted octanol–water partition coefficient (Wildman–Crippen LogP) is 2.23. The second-order valence-corrected chi connectivity index (χ2v) is 4.19. The third-order valence-electron chi connectivity index (χ3n) is 2.91. The van der Waals surface area contributed by atoms with Crippen LogP contribution in [0.3, 0.4) is 0 Å². The summed E-state index contributed by atoms with van der Waals surface area (Å²) in [6.45, 7) is 4.69. The first-order valence-corrected chi connectivity index (χ1v) is 5.93. The van der Waals surface area contributed by atoms with Crippen LogP contribution in [0.5, 0.6) is 0 Å². The van der Waals surface area contributed by atoms with Gasteiger partial charge in [-0.05, 0) is 25.5 Å².